The van der Waals surface area contributed by atoms with Gasteiger partial charge in [0.1, 0.15) is 5.75 Å². The topological polar surface area (TPSA) is 55.6 Å². The van der Waals surface area contributed by atoms with E-state index in [0.717, 1.165) is 30.6 Å². The minimum atomic E-state index is 0.174. The third kappa shape index (κ3) is 5.61. The van der Waals surface area contributed by atoms with Crippen LogP contribution in [0.3, 0.4) is 0 Å². The molecule has 4 nitrogen and oxygen atoms in total. The molecule has 0 unspecified atom stereocenters. The maximum atomic E-state index is 12.0. The molecule has 0 saturated carbocycles. The van der Waals surface area contributed by atoms with Gasteiger partial charge in [-0.3, -0.25) is 4.79 Å². The smallest absolute Gasteiger partial charge is 0.222 e. The molecule has 0 radical (unpaired) electrons. The van der Waals surface area contributed by atoms with Crippen molar-refractivity contribution in [3.8, 4) is 5.75 Å². The summed E-state index contributed by atoms with van der Waals surface area (Å²) in [5.74, 6) is 1.03. The van der Waals surface area contributed by atoms with Gasteiger partial charge in [0.05, 0.1) is 6.61 Å². The molecule has 0 heterocycles. The molecular formula is C16H26N2O2. The number of unbranched alkanes of at least 4 members (excludes halogenated alkanes) is 2. The third-order valence-corrected chi connectivity index (χ3v) is 3.20. The normalized spacial score (nSPS) is 10.3. The van der Waals surface area contributed by atoms with E-state index in [1.165, 1.54) is 0 Å². The van der Waals surface area contributed by atoms with Crippen molar-refractivity contribution in [2.75, 3.05) is 20.2 Å². The minimum absolute atomic E-state index is 0.174. The fourth-order valence-corrected chi connectivity index (χ4v) is 2.06. The van der Waals surface area contributed by atoms with Crippen LogP contribution in [0.4, 0.5) is 0 Å². The summed E-state index contributed by atoms with van der Waals surface area (Å²) in [6, 6.07) is 7.86. The van der Waals surface area contributed by atoms with Gasteiger partial charge in [-0.05, 0) is 32.4 Å². The van der Waals surface area contributed by atoms with Gasteiger partial charge in [-0.15, -0.1) is 0 Å². The van der Waals surface area contributed by atoms with E-state index in [1.54, 1.807) is 4.90 Å². The van der Waals surface area contributed by atoms with E-state index >= 15 is 0 Å². The van der Waals surface area contributed by atoms with Crippen LogP contribution in [-0.4, -0.2) is 31.0 Å². The van der Waals surface area contributed by atoms with E-state index in [4.69, 9.17) is 10.5 Å². The molecule has 1 rings (SSSR count). The van der Waals surface area contributed by atoms with Gasteiger partial charge < -0.3 is 15.4 Å². The second kappa shape index (κ2) is 9.37. The molecule has 1 aromatic rings. The molecule has 0 bridgehead atoms. The van der Waals surface area contributed by atoms with Gasteiger partial charge in [-0.2, -0.15) is 0 Å². The number of rotatable bonds is 9. The quantitative estimate of drug-likeness (QED) is 0.706. The van der Waals surface area contributed by atoms with Crippen LogP contribution >= 0.6 is 0 Å². The van der Waals surface area contributed by atoms with Crippen LogP contribution in [0.1, 0.15) is 38.2 Å². The zero-order valence-corrected chi connectivity index (χ0v) is 12.6. The van der Waals surface area contributed by atoms with Crippen molar-refractivity contribution in [3.05, 3.63) is 29.8 Å². The summed E-state index contributed by atoms with van der Waals surface area (Å²) in [5.41, 5.74) is 6.49. The molecule has 0 fully saturated rings. The number of para-hydroxylation sites is 1. The molecular weight excluding hydrogens is 252 g/mol. The molecule has 0 aromatic heterocycles. The van der Waals surface area contributed by atoms with Gasteiger partial charge in [-0.25, -0.2) is 0 Å². The SMILES string of the molecule is CCOc1ccccc1CN(C)C(=O)CCCCCN. The standard InChI is InChI=1S/C16H26N2O2/c1-3-20-15-10-7-6-9-14(15)13-18(2)16(19)11-5-4-8-12-17/h6-7,9-10H,3-5,8,11-13,17H2,1-2H3. The number of amides is 1. The second-order valence-corrected chi connectivity index (χ2v) is 4.89. The predicted octanol–water partition coefficient (Wildman–Crippen LogP) is 2.56. The van der Waals surface area contributed by atoms with Crippen LogP contribution in [-0.2, 0) is 11.3 Å². The molecule has 2 N–H and O–H groups in total. The van der Waals surface area contributed by atoms with Crippen LogP contribution in [0.15, 0.2) is 24.3 Å². The Morgan fingerprint density at radius 1 is 1.25 bits per heavy atom. The van der Waals surface area contributed by atoms with Crippen molar-refractivity contribution in [2.24, 2.45) is 5.73 Å². The maximum Gasteiger partial charge on any atom is 0.222 e. The molecule has 0 aliphatic heterocycles. The van der Waals surface area contributed by atoms with E-state index < -0.39 is 0 Å². The van der Waals surface area contributed by atoms with Crippen molar-refractivity contribution in [2.45, 2.75) is 39.2 Å². The molecule has 20 heavy (non-hydrogen) atoms. The number of benzene rings is 1. The summed E-state index contributed by atoms with van der Waals surface area (Å²) in [5, 5.41) is 0. The van der Waals surface area contributed by atoms with Crippen LogP contribution in [0, 0.1) is 0 Å². The van der Waals surface area contributed by atoms with Crippen molar-refractivity contribution in [1.82, 2.24) is 4.90 Å². The number of nitrogens with zero attached hydrogens (tertiary/aromatic N) is 1. The fourth-order valence-electron chi connectivity index (χ4n) is 2.06. The van der Waals surface area contributed by atoms with Crippen molar-refractivity contribution in [3.63, 3.8) is 0 Å². The van der Waals surface area contributed by atoms with Gasteiger partial charge in [0.25, 0.3) is 0 Å². The Balaban J connectivity index is 2.48. The first kappa shape index (κ1) is 16.5. The Hall–Kier alpha value is -1.55. The monoisotopic (exact) mass is 278 g/mol. The van der Waals surface area contributed by atoms with Gasteiger partial charge in [0.15, 0.2) is 0 Å². The molecule has 1 aromatic carbocycles. The van der Waals surface area contributed by atoms with Crippen LogP contribution < -0.4 is 10.5 Å². The highest BCUT2D eigenvalue weighted by Crippen LogP contribution is 2.19. The lowest BCUT2D eigenvalue weighted by molar-refractivity contribution is -0.130. The minimum Gasteiger partial charge on any atom is -0.494 e. The molecule has 0 atom stereocenters. The van der Waals surface area contributed by atoms with E-state index in [-0.39, 0.29) is 5.91 Å². The van der Waals surface area contributed by atoms with Crippen molar-refractivity contribution in [1.29, 1.82) is 0 Å². The van der Waals surface area contributed by atoms with Crippen molar-refractivity contribution >= 4 is 5.91 Å². The number of carbonyl (C=O) groups excluding carboxylic acids is 1. The summed E-state index contributed by atoms with van der Waals surface area (Å²) in [7, 11) is 1.84. The Bertz CT molecular complexity index is 407. The zero-order valence-electron chi connectivity index (χ0n) is 12.6. The molecule has 1 amide bonds. The van der Waals surface area contributed by atoms with E-state index in [1.807, 2.05) is 38.2 Å². The van der Waals surface area contributed by atoms with Crippen LogP contribution in [0.25, 0.3) is 0 Å². The van der Waals surface area contributed by atoms with E-state index in [9.17, 15) is 4.79 Å². The van der Waals surface area contributed by atoms with Gasteiger partial charge in [0, 0.05) is 25.6 Å². The first-order chi connectivity index (χ1) is 9.69. The lowest BCUT2D eigenvalue weighted by Gasteiger charge is -2.19. The predicted molar refractivity (Wildman–Crippen MR) is 81.6 cm³/mol. The third-order valence-electron chi connectivity index (χ3n) is 3.20. The average molecular weight is 278 g/mol. The summed E-state index contributed by atoms with van der Waals surface area (Å²) < 4.78 is 5.58. The number of hydrogen-bond donors (Lipinski definition) is 1. The first-order valence-corrected chi connectivity index (χ1v) is 7.33. The molecule has 0 spiro atoms. The summed E-state index contributed by atoms with van der Waals surface area (Å²) >= 11 is 0. The van der Waals surface area contributed by atoms with Crippen LogP contribution in [0.5, 0.6) is 5.75 Å². The second-order valence-electron chi connectivity index (χ2n) is 4.89. The number of carbonyl (C=O) groups is 1. The number of hydrogen-bond acceptors (Lipinski definition) is 3. The van der Waals surface area contributed by atoms with Gasteiger partial charge in [0.2, 0.25) is 5.91 Å². The highest BCUT2D eigenvalue weighted by Gasteiger charge is 2.11. The Morgan fingerprint density at radius 2 is 2.00 bits per heavy atom. The van der Waals surface area contributed by atoms with Gasteiger partial charge >= 0.3 is 0 Å². The fraction of sp³-hybridized carbons (Fsp3) is 0.562. The lowest BCUT2D eigenvalue weighted by atomic mass is 10.1. The summed E-state index contributed by atoms with van der Waals surface area (Å²) in [6.45, 7) is 3.88. The molecule has 0 aliphatic rings. The zero-order chi connectivity index (χ0) is 14.8. The molecule has 112 valence electrons. The van der Waals surface area contributed by atoms with Crippen LogP contribution in [0.2, 0.25) is 0 Å². The highest BCUT2D eigenvalue weighted by molar-refractivity contribution is 5.75. The Kier molecular flexibility index (Phi) is 7.73. The lowest BCUT2D eigenvalue weighted by Crippen LogP contribution is -2.26. The van der Waals surface area contributed by atoms with Crippen molar-refractivity contribution < 1.29 is 9.53 Å². The summed E-state index contributed by atoms with van der Waals surface area (Å²) in [6.07, 6.45) is 3.51. The highest BCUT2D eigenvalue weighted by atomic mass is 16.5. The number of ether oxygens (including phenoxy) is 1. The molecule has 0 aliphatic carbocycles. The van der Waals surface area contributed by atoms with Gasteiger partial charge in [-0.1, -0.05) is 24.6 Å². The molecule has 4 heteroatoms. The Morgan fingerprint density at radius 3 is 2.70 bits per heavy atom. The number of nitrogens with two attached hydrogens (primary N) is 1. The average Bonchev–Trinajstić information content (AvgIpc) is 2.45. The first-order valence-electron chi connectivity index (χ1n) is 7.33. The summed E-state index contributed by atoms with van der Waals surface area (Å²) in [4.78, 5) is 13.8. The maximum absolute atomic E-state index is 12.0. The molecule has 0 saturated heterocycles. The largest absolute Gasteiger partial charge is 0.494 e. The van der Waals surface area contributed by atoms with E-state index in [0.29, 0.717) is 26.1 Å². The Labute approximate surface area is 121 Å². The van der Waals surface area contributed by atoms with E-state index in [2.05, 4.69) is 0 Å².